The normalized spacial score (nSPS) is 12.2. The van der Waals surface area contributed by atoms with Gasteiger partial charge in [-0.1, -0.05) is 206 Å². The van der Waals surface area contributed by atoms with E-state index in [9.17, 15) is 0 Å². The molecular formula is C62H36. The lowest BCUT2D eigenvalue weighted by Crippen LogP contribution is -1.94. The molecule has 0 aliphatic carbocycles. The molecule has 14 aromatic rings. The molecule has 0 spiro atoms. The molecule has 0 N–H and O–H groups in total. The molecule has 0 aliphatic heterocycles. The second-order valence-corrected chi connectivity index (χ2v) is 17.0. The van der Waals surface area contributed by atoms with Gasteiger partial charge in [-0.15, -0.1) is 0 Å². The summed E-state index contributed by atoms with van der Waals surface area (Å²) in [7, 11) is 0. The summed E-state index contributed by atoms with van der Waals surface area (Å²) in [6.45, 7) is 0. The van der Waals surface area contributed by atoms with Crippen molar-refractivity contribution in [2.45, 2.75) is 0 Å². The van der Waals surface area contributed by atoms with E-state index in [0.29, 0.717) is 0 Å². The van der Waals surface area contributed by atoms with Gasteiger partial charge in [-0.2, -0.15) is 0 Å². The highest BCUT2D eigenvalue weighted by atomic mass is 14.3. The van der Waals surface area contributed by atoms with Gasteiger partial charge in [0.15, 0.2) is 0 Å². The Hall–Kier alpha value is -8.06. The Labute approximate surface area is 358 Å². The van der Waals surface area contributed by atoms with Crippen LogP contribution < -0.4 is 0 Å². The monoisotopic (exact) mass is 780 g/mol. The molecule has 0 amide bonds. The summed E-state index contributed by atoms with van der Waals surface area (Å²) in [5.74, 6) is 0. The number of fused-ring (bicyclic) bond motifs is 12. The second-order valence-electron chi connectivity index (χ2n) is 17.0. The van der Waals surface area contributed by atoms with Gasteiger partial charge in [0.25, 0.3) is 0 Å². The van der Waals surface area contributed by atoms with Crippen LogP contribution in [-0.4, -0.2) is 0 Å². The molecule has 0 radical (unpaired) electrons. The standard InChI is InChI=1S/C62H36/c1-3-17-37(18-4-1)41-22-9-13-27-46(41)58-54-36-52-45-26-12-11-25-44(45)48-29-15-31-50(56(48)52)59(54)60(47-28-14-10-23-42(47)38-19-5-2-6-20-38)62-53-35-40-34-33-39-21-7-8-24-43(39)55(40)49-30-16-32-51(57(49)53)61(58)62/h1-36H. The zero-order valence-corrected chi connectivity index (χ0v) is 33.8. The van der Waals surface area contributed by atoms with Crippen molar-refractivity contribution >= 4 is 97.0 Å². The highest BCUT2D eigenvalue weighted by Gasteiger charge is 2.29. The largest absolute Gasteiger partial charge is 0.0622 e. The van der Waals surface area contributed by atoms with Crippen molar-refractivity contribution in [3.8, 4) is 44.5 Å². The van der Waals surface area contributed by atoms with Gasteiger partial charge in [-0.25, -0.2) is 0 Å². The number of hydrogen-bond acceptors (Lipinski definition) is 0. The van der Waals surface area contributed by atoms with Gasteiger partial charge in [0, 0.05) is 0 Å². The summed E-state index contributed by atoms with van der Waals surface area (Å²) < 4.78 is 0. The van der Waals surface area contributed by atoms with Crippen LogP contribution in [0, 0.1) is 0 Å². The minimum Gasteiger partial charge on any atom is -0.0622 e. The Balaban J connectivity index is 1.32. The predicted octanol–water partition coefficient (Wildman–Crippen LogP) is 17.6. The molecule has 0 nitrogen and oxygen atoms in total. The van der Waals surface area contributed by atoms with E-state index in [-0.39, 0.29) is 0 Å². The molecular weight excluding hydrogens is 745 g/mol. The number of rotatable bonds is 4. The first kappa shape index (κ1) is 33.7. The summed E-state index contributed by atoms with van der Waals surface area (Å²) in [5, 5.41) is 23.5. The first-order valence-corrected chi connectivity index (χ1v) is 21.7. The van der Waals surface area contributed by atoms with Crippen LogP contribution in [0.4, 0.5) is 0 Å². The fourth-order valence-electron chi connectivity index (χ4n) is 11.5. The molecule has 14 aromatic carbocycles. The molecule has 0 heterocycles. The van der Waals surface area contributed by atoms with E-state index in [2.05, 4.69) is 218 Å². The summed E-state index contributed by atoms with van der Waals surface area (Å²) in [4.78, 5) is 0. The second kappa shape index (κ2) is 12.7. The number of benzene rings is 12. The molecule has 14 rings (SSSR count). The third-order valence-electron chi connectivity index (χ3n) is 13.9. The molecule has 62 heavy (non-hydrogen) atoms. The fourth-order valence-corrected chi connectivity index (χ4v) is 11.5. The average molecular weight is 781 g/mol. The smallest absolute Gasteiger partial charge is 0.000674 e. The Morgan fingerprint density at radius 2 is 0.629 bits per heavy atom. The van der Waals surface area contributed by atoms with Gasteiger partial charge >= 0.3 is 0 Å². The van der Waals surface area contributed by atoms with Crippen LogP contribution >= 0.6 is 0 Å². The zero-order chi connectivity index (χ0) is 40.5. The molecule has 0 aliphatic rings. The van der Waals surface area contributed by atoms with Crippen LogP contribution in [0.2, 0.25) is 0 Å². The molecule has 0 bridgehead atoms. The van der Waals surface area contributed by atoms with E-state index in [0.717, 1.165) is 0 Å². The van der Waals surface area contributed by atoms with E-state index in [1.54, 1.807) is 0 Å². The first-order chi connectivity index (χ1) is 30.8. The average Bonchev–Trinajstić information content (AvgIpc) is 3.85. The molecule has 0 saturated heterocycles. The van der Waals surface area contributed by atoms with Crippen molar-refractivity contribution in [2.75, 3.05) is 0 Å². The Bertz CT molecular complexity index is 4120. The Morgan fingerprint density at radius 1 is 0.177 bits per heavy atom. The van der Waals surface area contributed by atoms with Crippen LogP contribution in [0.5, 0.6) is 0 Å². The van der Waals surface area contributed by atoms with Crippen molar-refractivity contribution in [2.24, 2.45) is 0 Å². The van der Waals surface area contributed by atoms with Crippen molar-refractivity contribution < 1.29 is 0 Å². The molecule has 0 atom stereocenters. The third-order valence-corrected chi connectivity index (χ3v) is 13.9. The zero-order valence-electron chi connectivity index (χ0n) is 33.8. The fraction of sp³-hybridized carbons (Fsp3) is 0. The highest BCUT2D eigenvalue weighted by molar-refractivity contribution is 6.47. The van der Waals surface area contributed by atoms with Gasteiger partial charge < -0.3 is 0 Å². The predicted molar refractivity (Wildman–Crippen MR) is 268 cm³/mol. The van der Waals surface area contributed by atoms with E-state index in [1.807, 2.05) is 0 Å². The van der Waals surface area contributed by atoms with E-state index >= 15 is 0 Å². The maximum atomic E-state index is 2.56. The summed E-state index contributed by atoms with van der Waals surface area (Å²) in [5.41, 5.74) is 9.99. The minimum atomic E-state index is 1.22. The van der Waals surface area contributed by atoms with Crippen LogP contribution in [0.3, 0.4) is 0 Å². The van der Waals surface area contributed by atoms with Crippen LogP contribution in [0.15, 0.2) is 218 Å². The summed E-state index contributed by atoms with van der Waals surface area (Å²) in [6.07, 6.45) is 0. The molecule has 0 saturated carbocycles. The molecule has 0 fully saturated rings. The lowest BCUT2D eigenvalue weighted by atomic mass is 9.81. The van der Waals surface area contributed by atoms with Gasteiger partial charge in [-0.05, 0) is 154 Å². The quantitative estimate of drug-likeness (QED) is 0.156. The topological polar surface area (TPSA) is 0 Å². The lowest BCUT2D eigenvalue weighted by Gasteiger charge is -2.22. The summed E-state index contributed by atoms with van der Waals surface area (Å²) >= 11 is 0. The van der Waals surface area contributed by atoms with Crippen molar-refractivity contribution in [3.05, 3.63) is 218 Å². The maximum absolute atomic E-state index is 2.56. The highest BCUT2D eigenvalue weighted by Crippen LogP contribution is 2.57. The van der Waals surface area contributed by atoms with E-state index < -0.39 is 0 Å². The lowest BCUT2D eigenvalue weighted by molar-refractivity contribution is 1.61. The number of hydrogen-bond donors (Lipinski definition) is 0. The maximum Gasteiger partial charge on any atom is -0.000674 e. The van der Waals surface area contributed by atoms with E-state index in [4.69, 9.17) is 0 Å². The van der Waals surface area contributed by atoms with Crippen molar-refractivity contribution in [1.82, 2.24) is 0 Å². The van der Waals surface area contributed by atoms with Crippen molar-refractivity contribution in [1.29, 1.82) is 0 Å². The van der Waals surface area contributed by atoms with Gasteiger partial charge in [0.1, 0.15) is 0 Å². The molecule has 0 aromatic heterocycles. The Kier molecular flexibility index (Phi) is 6.92. The van der Waals surface area contributed by atoms with Gasteiger partial charge in [-0.3, -0.25) is 0 Å². The van der Waals surface area contributed by atoms with Crippen molar-refractivity contribution in [3.63, 3.8) is 0 Å². The van der Waals surface area contributed by atoms with E-state index in [1.165, 1.54) is 141 Å². The van der Waals surface area contributed by atoms with Crippen LogP contribution in [0.25, 0.3) is 141 Å². The van der Waals surface area contributed by atoms with Gasteiger partial charge in [0.05, 0.1) is 0 Å². The minimum absolute atomic E-state index is 1.22. The van der Waals surface area contributed by atoms with Crippen LogP contribution in [-0.2, 0) is 0 Å². The first-order valence-electron chi connectivity index (χ1n) is 21.7. The SMILES string of the molecule is c1ccc(-c2ccccc2-c2c3cc4c5ccccc5c5cccc(c3c(-c3ccccc3-c3ccccc3)c3c6cc7ccc8ccccc8c7c7cccc(c23)c67)c54)cc1. The molecule has 0 unspecified atom stereocenters. The Morgan fingerprint density at radius 3 is 1.31 bits per heavy atom. The molecule has 284 valence electrons. The van der Waals surface area contributed by atoms with Gasteiger partial charge in [0.2, 0.25) is 0 Å². The third kappa shape index (κ3) is 4.51. The molecule has 0 heteroatoms. The summed E-state index contributed by atoms with van der Waals surface area (Å²) in [6, 6.07) is 81.9. The van der Waals surface area contributed by atoms with Crippen LogP contribution in [0.1, 0.15) is 0 Å².